The van der Waals surface area contributed by atoms with Gasteiger partial charge in [-0.15, -0.1) is 0 Å². The van der Waals surface area contributed by atoms with Gasteiger partial charge in [-0.1, -0.05) is 6.07 Å². The summed E-state index contributed by atoms with van der Waals surface area (Å²) in [6.45, 7) is 9.67. The monoisotopic (exact) mass is 600 g/mol. The molecule has 2 aromatic carbocycles. The fourth-order valence-electron chi connectivity index (χ4n) is 6.14. The molecule has 1 aliphatic carbocycles. The molecule has 2 aliphatic heterocycles. The number of halogens is 1. The highest BCUT2D eigenvalue weighted by molar-refractivity contribution is 5.96. The Morgan fingerprint density at radius 1 is 0.977 bits per heavy atom. The summed E-state index contributed by atoms with van der Waals surface area (Å²) in [5.74, 6) is -0.312. The van der Waals surface area contributed by atoms with Crippen LogP contribution in [-0.4, -0.2) is 78.0 Å². The summed E-state index contributed by atoms with van der Waals surface area (Å²) < 4.78 is 14.7. The first-order chi connectivity index (χ1) is 21.2. The van der Waals surface area contributed by atoms with E-state index in [9.17, 15) is 14.0 Å². The Balaban J connectivity index is 1.11. The number of amides is 2. The van der Waals surface area contributed by atoms with E-state index >= 15 is 0 Å². The Labute approximate surface area is 257 Å². The van der Waals surface area contributed by atoms with Gasteiger partial charge in [0.15, 0.2) is 11.5 Å². The van der Waals surface area contributed by atoms with Gasteiger partial charge in [-0.25, -0.2) is 14.4 Å². The lowest BCUT2D eigenvalue weighted by Crippen LogP contribution is -2.48. The molecule has 3 fully saturated rings. The Hall–Kier alpha value is -4.25. The van der Waals surface area contributed by atoms with Crippen LogP contribution in [0.15, 0.2) is 48.7 Å². The molecule has 1 atom stereocenters. The first-order valence-electron chi connectivity index (χ1n) is 15.6. The summed E-state index contributed by atoms with van der Waals surface area (Å²) in [6, 6.07) is 13.4. The second-order valence-electron chi connectivity index (χ2n) is 12.4. The molecule has 6 rings (SSSR count). The van der Waals surface area contributed by atoms with Crippen LogP contribution in [-0.2, 0) is 0 Å². The number of rotatable bonds is 9. The Kier molecular flexibility index (Phi) is 8.65. The molecular formula is C33H41FN8O2. The van der Waals surface area contributed by atoms with E-state index in [1.165, 1.54) is 12.3 Å². The molecule has 4 N–H and O–H groups in total. The number of nitrogens with two attached hydrogens (primary N) is 1. The highest BCUT2D eigenvalue weighted by Gasteiger charge is 2.28. The molecule has 11 heteroatoms. The fourth-order valence-corrected chi connectivity index (χ4v) is 6.14. The van der Waals surface area contributed by atoms with Gasteiger partial charge in [0.05, 0.1) is 11.8 Å². The molecule has 44 heavy (non-hydrogen) atoms. The number of hydrogen-bond acceptors (Lipinski definition) is 8. The molecule has 2 amide bonds. The molecule has 0 radical (unpaired) electrons. The van der Waals surface area contributed by atoms with E-state index in [1.54, 1.807) is 6.07 Å². The van der Waals surface area contributed by atoms with Crippen molar-refractivity contribution >= 4 is 34.8 Å². The van der Waals surface area contributed by atoms with Crippen molar-refractivity contribution in [2.24, 2.45) is 5.73 Å². The molecule has 10 nitrogen and oxygen atoms in total. The van der Waals surface area contributed by atoms with Crippen LogP contribution in [0.2, 0.25) is 0 Å². The third kappa shape index (κ3) is 6.77. The van der Waals surface area contributed by atoms with E-state index in [1.807, 2.05) is 23.1 Å². The number of carbonyl (C=O) groups is 2. The molecule has 3 aliphatic rings. The maximum absolute atomic E-state index is 14.7. The molecule has 2 saturated heterocycles. The van der Waals surface area contributed by atoms with E-state index < -0.39 is 17.6 Å². The van der Waals surface area contributed by atoms with Crippen molar-refractivity contribution in [3.63, 3.8) is 0 Å². The van der Waals surface area contributed by atoms with Gasteiger partial charge in [-0.3, -0.25) is 14.5 Å². The summed E-state index contributed by atoms with van der Waals surface area (Å²) in [6.07, 6.45) is 5.26. The Bertz CT molecular complexity index is 1500. The number of primary amides is 1. The van der Waals surface area contributed by atoms with Crippen LogP contribution < -0.4 is 26.2 Å². The third-order valence-electron chi connectivity index (χ3n) is 8.90. The molecule has 3 heterocycles. The van der Waals surface area contributed by atoms with Gasteiger partial charge in [-0.05, 0) is 87.4 Å². The van der Waals surface area contributed by atoms with E-state index in [0.717, 1.165) is 68.8 Å². The van der Waals surface area contributed by atoms with Gasteiger partial charge in [-0.2, -0.15) is 0 Å². The standard InChI is InChI=1S/C33H41FN8O2/c1-21(2)40-14-16-41(17-15-40)26-10-8-24(9-11-26)37-32-30(31(35)43)36-19-29(39-32)42-13-3-4-25(20-42)38-33(44)27-12-7-23(18-28(27)34)22-5-6-22/h7-12,18-19,21-22,25H,3-6,13-17,20H2,1-2H3,(H2,35,43)(H,37,39)(H,38,44)/t25-/m1/s1. The lowest BCUT2D eigenvalue weighted by atomic mass is 10.0. The summed E-state index contributed by atoms with van der Waals surface area (Å²) >= 11 is 0. The van der Waals surface area contributed by atoms with Crippen LogP contribution in [0, 0.1) is 5.82 Å². The lowest BCUT2D eigenvalue weighted by molar-refractivity contribution is 0.0927. The van der Waals surface area contributed by atoms with Crippen molar-refractivity contribution in [2.75, 3.05) is 54.4 Å². The highest BCUT2D eigenvalue weighted by Crippen LogP contribution is 2.40. The van der Waals surface area contributed by atoms with E-state index in [2.05, 4.69) is 51.4 Å². The van der Waals surface area contributed by atoms with Crippen LogP contribution in [0.4, 0.5) is 27.4 Å². The van der Waals surface area contributed by atoms with Crippen LogP contribution >= 0.6 is 0 Å². The van der Waals surface area contributed by atoms with Crippen molar-refractivity contribution in [1.82, 2.24) is 20.2 Å². The minimum absolute atomic E-state index is 0.0506. The number of hydrogen-bond donors (Lipinski definition) is 3. The molecule has 0 unspecified atom stereocenters. The first kappa shape index (κ1) is 29.8. The van der Waals surface area contributed by atoms with E-state index in [0.29, 0.717) is 30.9 Å². The number of carbonyl (C=O) groups excluding carboxylic acids is 2. The van der Waals surface area contributed by atoms with Crippen molar-refractivity contribution < 1.29 is 14.0 Å². The molecule has 1 aromatic heterocycles. The zero-order valence-electron chi connectivity index (χ0n) is 25.4. The summed E-state index contributed by atoms with van der Waals surface area (Å²) in [7, 11) is 0. The first-order valence-corrected chi connectivity index (χ1v) is 15.6. The SMILES string of the molecule is CC(C)N1CCN(c2ccc(Nc3nc(N4CCC[C@@H](NC(=O)c5ccc(C6CC6)cc5F)C4)cnc3C(N)=O)cc2)CC1. The zero-order valence-corrected chi connectivity index (χ0v) is 25.4. The van der Waals surface area contributed by atoms with Gasteiger partial charge in [0.25, 0.3) is 11.8 Å². The van der Waals surface area contributed by atoms with Gasteiger partial charge >= 0.3 is 0 Å². The van der Waals surface area contributed by atoms with Crippen molar-refractivity contribution in [3.8, 4) is 0 Å². The minimum atomic E-state index is -0.676. The minimum Gasteiger partial charge on any atom is -0.369 e. The van der Waals surface area contributed by atoms with Crippen molar-refractivity contribution in [1.29, 1.82) is 0 Å². The molecular weight excluding hydrogens is 559 g/mol. The number of nitrogens with zero attached hydrogens (tertiary/aromatic N) is 5. The second-order valence-corrected chi connectivity index (χ2v) is 12.4. The molecule has 0 spiro atoms. The second kappa shape index (κ2) is 12.8. The van der Waals surface area contributed by atoms with Crippen LogP contribution in [0.25, 0.3) is 0 Å². The Morgan fingerprint density at radius 3 is 2.39 bits per heavy atom. The predicted octanol–water partition coefficient (Wildman–Crippen LogP) is 4.26. The maximum Gasteiger partial charge on any atom is 0.271 e. The van der Waals surface area contributed by atoms with Crippen LogP contribution in [0.5, 0.6) is 0 Å². The van der Waals surface area contributed by atoms with Gasteiger partial charge < -0.3 is 26.2 Å². The zero-order chi connectivity index (χ0) is 30.8. The van der Waals surface area contributed by atoms with Crippen LogP contribution in [0.1, 0.15) is 71.9 Å². The summed E-state index contributed by atoms with van der Waals surface area (Å²) in [4.78, 5) is 41.1. The van der Waals surface area contributed by atoms with Crippen molar-refractivity contribution in [2.45, 2.75) is 57.5 Å². The average molecular weight is 601 g/mol. The highest BCUT2D eigenvalue weighted by atomic mass is 19.1. The molecule has 232 valence electrons. The van der Waals surface area contributed by atoms with Crippen LogP contribution in [0.3, 0.4) is 0 Å². The predicted molar refractivity (Wildman–Crippen MR) is 170 cm³/mol. The maximum atomic E-state index is 14.7. The molecule has 1 saturated carbocycles. The lowest BCUT2D eigenvalue weighted by Gasteiger charge is -2.38. The number of piperidine rings is 1. The summed E-state index contributed by atoms with van der Waals surface area (Å²) in [5.41, 5.74) is 8.63. The van der Waals surface area contributed by atoms with Gasteiger partial charge in [0.2, 0.25) is 0 Å². The van der Waals surface area contributed by atoms with E-state index in [-0.39, 0.29) is 23.1 Å². The number of anilines is 4. The number of piperazine rings is 1. The van der Waals surface area contributed by atoms with Gasteiger partial charge in [0.1, 0.15) is 11.6 Å². The normalized spacial score (nSPS) is 19.2. The van der Waals surface area contributed by atoms with E-state index in [4.69, 9.17) is 10.7 Å². The largest absolute Gasteiger partial charge is 0.369 e. The number of nitrogens with one attached hydrogen (secondary N) is 2. The van der Waals surface area contributed by atoms with Crippen molar-refractivity contribution in [3.05, 3.63) is 71.3 Å². The number of benzene rings is 2. The third-order valence-corrected chi connectivity index (χ3v) is 8.90. The number of aromatic nitrogens is 2. The summed E-state index contributed by atoms with van der Waals surface area (Å²) in [5, 5.41) is 6.23. The van der Waals surface area contributed by atoms with Gasteiger partial charge in [0, 0.05) is 62.7 Å². The smallest absolute Gasteiger partial charge is 0.271 e. The molecule has 3 aromatic rings. The topological polar surface area (TPSA) is 120 Å². The Morgan fingerprint density at radius 2 is 1.73 bits per heavy atom. The quantitative estimate of drug-likeness (QED) is 0.333. The average Bonchev–Trinajstić information content (AvgIpc) is 3.87. The molecule has 0 bridgehead atoms. The fraction of sp³-hybridized carbons (Fsp3) is 0.455.